The highest BCUT2D eigenvalue weighted by Crippen LogP contribution is 2.39. The number of hydrogen-bond acceptors (Lipinski definition) is 2. The van der Waals surface area contributed by atoms with Crippen LogP contribution in [0.4, 0.5) is 0 Å². The van der Waals surface area contributed by atoms with E-state index in [9.17, 15) is 9.90 Å². The molecule has 0 amide bonds. The second-order valence-corrected chi connectivity index (χ2v) is 8.50. The lowest BCUT2D eigenvalue weighted by molar-refractivity contribution is -0.958. The van der Waals surface area contributed by atoms with Crippen molar-refractivity contribution in [1.29, 1.82) is 0 Å². The summed E-state index contributed by atoms with van der Waals surface area (Å²) in [5.41, 5.74) is 1.81. The standard InChI is InChI=1S/C24H40ClNO2/c1-5-9-16-26(17-10-6-2,18-11-7-3)22(13-8-4)21-15-12-14-20(24(21)25)19-23(27)28/h12,14-15,22H,5-11,13,16-19H2,1-4H3. The van der Waals surface area contributed by atoms with Crippen LogP contribution in [0, 0.1) is 0 Å². The highest BCUT2D eigenvalue weighted by atomic mass is 35.5. The number of benzene rings is 1. The molecule has 160 valence electrons. The lowest BCUT2D eigenvalue weighted by atomic mass is 9.93. The van der Waals surface area contributed by atoms with Crippen LogP contribution < -0.4 is 5.11 Å². The van der Waals surface area contributed by atoms with Gasteiger partial charge in [-0.3, -0.25) is 0 Å². The highest BCUT2D eigenvalue weighted by molar-refractivity contribution is 6.32. The first kappa shape index (κ1) is 25.0. The fourth-order valence-corrected chi connectivity index (χ4v) is 4.69. The summed E-state index contributed by atoms with van der Waals surface area (Å²) in [6.45, 7) is 12.5. The van der Waals surface area contributed by atoms with Gasteiger partial charge in [-0.1, -0.05) is 83.2 Å². The molecular weight excluding hydrogens is 370 g/mol. The van der Waals surface area contributed by atoms with Crippen LogP contribution in [0.3, 0.4) is 0 Å². The summed E-state index contributed by atoms with van der Waals surface area (Å²) in [5, 5.41) is 11.8. The number of quaternary nitrogens is 1. The van der Waals surface area contributed by atoms with Crippen molar-refractivity contribution < 1.29 is 14.4 Å². The fraction of sp³-hybridized carbons (Fsp3) is 0.708. The Hall–Kier alpha value is -1.06. The van der Waals surface area contributed by atoms with E-state index in [1.165, 1.54) is 58.2 Å². The van der Waals surface area contributed by atoms with Gasteiger partial charge in [-0.05, 0) is 24.8 Å². The number of halogens is 1. The quantitative estimate of drug-likeness (QED) is 0.349. The van der Waals surface area contributed by atoms with Crippen LogP contribution in [0.5, 0.6) is 0 Å². The number of hydrogen-bond donors (Lipinski definition) is 0. The molecule has 4 heteroatoms. The van der Waals surface area contributed by atoms with Gasteiger partial charge in [-0.15, -0.1) is 0 Å². The molecule has 1 aromatic rings. The first-order chi connectivity index (χ1) is 13.5. The molecule has 0 saturated heterocycles. The van der Waals surface area contributed by atoms with E-state index in [0.717, 1.165) is 22.9 Å². The monoisotopic (exact) mass is 409 g/mol. The molecule has 3 nitrogen and oxygen atoms in total. The van der Waals surface area contributed by atoms with Gasteiger partial charge in [0.25, 0.3) is 0 Å². The molecule has 0 radical (unpaired) electrons. The number of carboxylic acids is 1. The Morgan fingerprint density at radius 3 is 1.93 bits per heavy atom. The van der Waals surface area contributed by atoms with Crippen molar-refractivity contribution in [3.63, 3.8) is 0 Å². The summed E-state index contributed by atoms with van der Waals surface area (Å²) in [6.07, 6.45) is 9.25. The van der Waals surface area contributed by atoms with Gasteiger partial charge in [0.1, 0.15) is 6.04 Å². The molecule has 1 unspecified atom stereocenters. The molecule has 28 heavy (non-hydrogen) atoms. The number of unbranched alkanes of at least 4 members (excludes halogenated alkanes) is 3. The minimum atomic E-state index is -1.07. The van der Waals surface area contributed by atoms with Crippen molar-refractivity contribution in [3.05, 3.63) is 34.3 Å². The molecule has 0 aromatic heterocycles. The molecule has 0 saturated carbocycles. The number of aliphatic carboxylic acids is 1. The van der Waals surface area contributed by atoms with Gasteiger partial charge in [0.05, 0.1) is 24.7 Å². The Labute approximate surface area is 177 Å². The van der Waals surface area contributed by atoms with Gasteiger partial charge >= 0.3 is 0 Å². The van der Waals surface area contributed by atoms with Gasteiger partial charge in [-0.25, -0.2) is 0 Å². The van der Waals surface area contributed by atoms with Crippen molar-refractivity contribution in [2.24, 2.45) is 0 Å². The molecule has 1 rings (SSSR count). The first-order valence-electron chi connectivity index (χ1n) is 11.3. The molecule has 0 heterocycles. The van der Waals surface area contributed by atoms with Gasteiger partial charge in [0, 0.05) is 24.4 Å². The van der Waals surface area contributed by atoms with Crippen molar-refractivity contribution >= 4 is 17.6 Å². The SMILES string of the molecule is CCCC[N+](CCCC)(CCCC)C(CCC)c1cccc(CC(=O)[O-])c1Cl. The summed E-state index contributed by atoms with van der Waals surface area (Å²) in [6, 6.07) is 6.24. The number of carboxylic acid groups (broad SMARTS) is 1. The fourth-order valence-electron chi connectivity index (χ4n) is 4.37. The smallest absolute Gasteiger partial charge is 0.116 e. The third-order valence-corrected chi connectivity index (χ3v) is 6.36. The van der Waals surface area contributed by atoms with E-state index in [2.05, 4.69) is 33.8 Å². The minimum Gasteiger partial charge on any atom is -0.550 e. The first-order valence-corrected chi connectivity index (χ1v) is 11.7. The summed E-state index contributed by atoms with van der Waals surface area (Å²) in [5.74, 6) is -1.07. The van der Waals surface area contributed by atoms with Gasteiger partial charge in [0.2, 0.25) is 0 Å². The summed E-state index contributed by atoms with van der Waals surface area (Å²) in [4.78, 5) is 11.2. The number of carbonyl (C=O) groups excluding carboxylic acids is 1. The van der Waals surface area contributed by atoms with Crippen LogP contribution in [0.2, 0.25) is 5.02 Å². The predicted molar refractivity (Wildman–Crippen MR) is 117 cm³/mol. The third kappa shape index (κ3) is 7.08. The van der Waals surface area contributed by atoms with E-state index in [0.29, 0.717) is 16.6 Å². The Bertz CT molecular complexity index is 566. The molecule has 1 aromatic carbocycles. The summed E-state index contributed by atoms with van der Waals surface area (Å²) in [7, 11) is 0. The van der Waals surface area contributed by atoms with E-state index >= 15 is 0 Å². The van der Waals surface area contributed by atoms with E-state index in [1.807, 2.05) is 12.1 Å². The van der Waals surface area contributed by atoms with Crippen molar-refractivity contribution in [3.8, 4) is 0 Å². The van der Waals surface area contributed by atoms with Crippen LogP contribution in [-0.2, 0) is 11.2 Å². The Balaban J connectivity index is 3.45. The maximum Gasteiger partial charge on any atom is 0.116 e. The summed E-state index contributed by atoms with van der Waals surface area (Å²) < 4.78 is 1.08. The zero-order valence-electron chi connectivity index (χ0n) is 18.4. The predicted octanol–water partition coefficient (Wildman–Crippen LogP) is 5.69. The minimum absolute atomic E-state index is 0.121. The topological polar surface area (TPSA) is 40.1 Å². The van der Waals surface area contributed by atoms with Crippen molar-refractivity contribution in [1.82, 2.24) is 0 Å². The van der Waals surface area contributed by atoms with Gasteiger partial charge in [0.15, 0.2) is 0 Å². The van der Waals surface area contributed by atoms with E-state index in [1.54, 1.807) is 0 Å². The Morgan fingerprint density at radius 1 is 0.964 bits per heavy atom. The zero-order valence-corrected chi connectivity index (χ0v) is 19.2. The average Bonchev–Trinajstić information content (AvgIpc) is 2.68. The molecule has 0 N–H and O–H groups in total. The molecule has 0 aliphatic heterocycles. The lowest BCUT2D eigenvalue weighted by Gasteiger charge is -2.46. The van der Waals surface area contributed by atoms with Crippen molar-refractivity contribution in [2.75, 3.05) is 19.6 Å². The van der Waals surface area contributed by atoms with Crippen molar-refractivity contribution in [2.45, 2.75) is 91.5 Å². The molecule has 0 fully saturated rings. The Kier molecular flexibility index (Phi) is 11.8. The van der Waals surface area contributed by atoms with E-state index in [4.69, 9.17) is 11.6 Å². The molecule has 1 atom stereocenters. The van der Waals surface area contributed by atoms with Crippen LogP contribution in [0.25, 0.3) is 0 Å². The normalized spacial score (nSPS) is 12.9. The highest BCUT2D eigenvalue weighted by Gasteiger charge is 2.37. The Morgan fingerprint density at radius 2 is 1.50 bits per heavy atom. The third-order valence-electron chi connectivity index (χ3n) is 5.90. The van der Waals surface area contributed by atoms with E-state index < -0.39 is 5.97 Å². The van der Waals surface area contributed by atoms with Gasteiger partial charge in [-0.2, -0.15) is 0 Å². The van der Waals surface area contributed by atoms with Crippen LogP contribution in [0.1, 0.15) is 96.2 Å². The van der Waals surface area contributed by atoms with Crippen LogP contribution in [-0.4, -0.2) is 30.1 Å². The maximum atomic E-state index is 11.2. The summed E-state index contributed by atoms with van der Waals surface area (Å²) >= 11 is 6.79. The van der Waals surface area contributed by atoms with E-state index in [-0.39, 0.29) is 6.42 Å². The molecule has 0 aliphatic carbocycles. The number of carbonyl (C=O) groups is 1. The average molecular weight is 410 g/mol. The maximum absolute atomic E-state index is 11.2. The second-order valence-electron chi connectivity index (χ2n) is 8.12. The zero-order chi connectivity index (χ0) is 21.0. The number of nitrogens with zero attached hydrogens (tertiary/aromatic N) is 1. The van der Waals surface area contributed by atoms with Crippen LogP contribution >= 0.6 is 11.6 Å². The van der Waals surface area contributed by atoms with Gasteiger partial charge < -0.3 is 14.4 Å². The molecular formula is C24H40ClNO2. The second kappa shape index (κ2) is 13.2. The molecule has 0 bridgehead atoms. The molecule has 0 spiro atoms. The lowest BCUT2D eigenvalue weighted by Crippen LogP contribution is -2.52. The largest absolute Gasteiger partial charge is 0.550 e. The van der Waals surface area contributed by atoms with Crippen LogP contribution in [0.15, 0.2) is 18.2 Å². The number of rotatable bonds is 15. The molecule has 0 aliphatic rings.